The lowest BCUT2D eigenvalue weighted by atomic mass is 9.86. The summed E-state index contributed by atoms with van der Waals surface area (Å²) in [4.78, 5) is 64.1. The standard InChI is InChI=1S/C46H57F2N11O6/c1-55(24-33-25-57(18-19-64-33)17-3-4-28-9-12-36-38(20-28)56(2)46(63)59(36)37-13-14-40(60)53-44(37)62)23-30-7-10-32(11-8-30)58-26-34(41(54-58)42(47)48)51-43(61)35-27-65-45(52-35)31-15-16-49-39(21-31)50-22-29-5-6-29/h9,12,15-16,20-21,26-27,29-30,32-33,37,42H,3-8,10-11,13-14,17-19,22-25H2,1-2H3,(H,49,50)(H,51,61)(H,53,60,62)/t30-,32-,33-,37?/m1/s1. The zero-order valence-electron chi connectivity index (χ0n) is 36.9. The molecule has 1 unspecified atom stereocenters. The number of halogens is 2. The van der Waals surface area contributed by atoms with E-state index in [4.69, 9.17) is 9.15 Å². The summed E-state index contributed by atoms with van der Waals surface area (Å²) >= 11 is 0. The number of oxazole rings is 1. The molecule has 3 amide bonds. The fraction of sp³-hybridized carbons (Fsp3) is 0.543. The van der Waals surface area contributed by atoms with Gasteiger partial charge in [0.25, 0.3) is 12.3 Å². The molecule has 3 N–H and O–H groups in total. The van der Waals surface area contributed by atoms with Crippen molar-refractivity contribution in [2.75, 3.05) is 63.6 Å². The van der Waals surface area contributed by atoms with Crippen molar-refractivity contribution >= 4 is 40.3 Å². The number of fused-ring (bicyclic) bond motifs is 1. The number of aryl methyl sites for hydroxylation is 2. The van der Waals surface area contributed by atoms with E-state index < -0.39 is 30.0 Å². The Bertz CT molecular complexity index is 2570. The molecule has 2 saturated carbocycles. The van der Waals surface area contributed by atoms with Gasteiger partial charge >= 0.3 is 5.69 Å². The second-order valence-corrected chi connectivity index (χ2v) is 18.2. The van der Waals surface area contributed by atoms with Gasteiger partial charge in [0, 0.05) is 64.1 Å². The maximum atomic E-state index is 14.2. The van der Waals surface area contributed by atoms with Crippen molar-refractivity contribution in [1.29, 1.82) is 0 Å². The molecule has 4 aliphatic rings. The van der Waals surface area contributed by atoms with Crippen molar-refractivity contribution in [2.24, 2.45) is 18.9 Å². The number of alkyl halides is 2. The molecular weight excluding hydrogens is 841 g/mol. The van der Waals surface area contributed by atoms with Crippen LogP contribution in [0.15, 0.2) is 58.2 Å². The number of piperidine rings is 1. The second kappa shape index (κ2) is 19.4. The van der Waals surface area contributed by atoms with Crippen molar-refractivity contribution in [3.8, 4) is 11.5 Å². The van der Waals surface area contributed by atoms with Crippen molar-refractivity contribution in [3.05, 3.63) is 76.4 Å². The molecule has 0 spiro atoms. The zero-order valence-corrected chi connectivity index (χ0v) is 36.9. The number of carbonyl (C=O) groups is 3. The van der Waals surface area contributed by atoms with Gasteiger partial charge in [-0.05, 0) is 113 Å². The molecule has 4 aromatic heterocycles. The third-order valence-electron chi connectivity index (χ3n) is 13.3. The predicted molar refractivity (Wildman–Crippen MR) is 238 cm³/mol. The van der Waals surface area contributed by atoms with E-state index >= 15 is 0 Å². The average Bonchev–Trinajstić information content (AvgIpc) is 3.71. The number of rotatable bonds is 17. The molecule has 19 heteroatoms. The lowest BCUT2D eigenvalue weighted by Crippen LogP contribution is -2.47. The number of pyridine rings is 1. The zero-order chi connectivity index (χ0) is 45.2. The van der Waals surface area contributed by atoms with Crippen LogP contribution in [-0.4, -0.2) is 115 Å². The van der Waals surface area contributed by atoms with Gasteiger partial charge in [0.1, 0.15) is 18.1 Å². The van der Waals surface area contributed by atoms with E-state index in [-0.39, 0.29) is 47.4 Å². The summed E-state index contributed by atoms with van der Waals surface area (Å²) in [5, 5.41) is 12.5. The molecule has 1 aromatic carbocycles. The number of hydrogen-bond acceptors (Lipinski definition) is 12. The predicted octanol–water partition coefficient (Wildman–Crippen LogP) is 5.57. The van der Waals surface area contributed by atoms with Gasteiger partial charge in [0.15, 0.2) is 11.4 Å². The van der Waals surface area contributed by atoms with Crippen LogP contribution in [0.5, 0.6) is 0 Å². The molecule has 9 rings (SSSR count). The quantitative estimate of drug-likeness (QED) is 0.0987. The second-order valence-electron chi connectivity index (χ2n) is 18.2. The Morgan fingerprint density at radius 1 is 1.02 bits per heavy atom. The number of likely N-dealkylation sites (N-methyl/N-ethyl adjacent to an activating group) is 1. The summed E-state index contributed by atoms with van der Waals surface area (Å²) in [6.07, 6.45) is 9.71. The normalized spacial score (nSPS) is 21.9. The SMILES string of the molecule is CN(C[C@@H]1CN(CCCc2ccc3c(c2)n(C)c(=O)n3C2CCC(=O)NC2=O)CCO1)C[C@H]1CC[C@H](n2cc(NC(=O)c3coc(-c4ccnc(NCC5CC5)c4)n3)c(C(F)F)n2)CC1. The maximum absolute atomic E-state index is 14.2. The number of hydrogen-bond donors (Lipinski definition) is 3. The first-order valence-electron chi connectivity index (χ1n) is 22.9. The van der Waals surface area contributed by atoms with E-state index in [2.05, 4.69) is 47.9 Å². The van der Waals surface area contributed by atoms with Crippen LogP contribution in [0.25, 0.3) is 22.5 Å². The van der Waals surface area contributed by atoms with Crippen molar-refractivity contribution in [1.82, 2.24) is 44.0 Å². The Balaban J connectivity index is 0.720. The fourth-order valence-electron chi connectivity index (χ4n) is 9.63. The van der Waals surface area contributed by atoms with Gasteiger partial charge in [-0.2, -0.15) is 5.10 Å². The summed E-state index contributed by atoms with van der Waals surface area (Å²) in [6, 6.07) is 8.73. The first-order chi connectivity index (χ1) is 31.4. The lowest BCUT2D eigenvalue weighted by Gasteiger charge is -2.36. The van der Waals surface area contributed by atoms with Gasteiger partial charge in [0.2, 0.25) is 17.7 Å². The Kier molecular flexibility index (Phi) is 13.2. The highest BCUT2D eigenvalue weighted by molar-refractivity contribution is 6.03. The minimum Gasteiger partial charge on any atom is -0.444 e. The molecule has 65 heavy (non-hydrogen) atoms. The maximum Gasteiger partial charge on any atom is 0.329 e. The van der Waals surface area contributed by atoms with Gasteiger partial charge in [-0.25, -0.2) is 23.5 Å². The number of nitrogens with one attached hydrogen (secondary N) is 3. The number of benzene rings is 1. The van der Waals surface area contributed by atoms with E-state index in [0.29, 0.717) is 41.8 Å². The number of ether oxygens (including phenoxy) is 1. The number of amides is 3. The van der Waals surface area contributed by atoms with E-state index in [0.717, 1.165) is 88.9 Å². The molecule has 2 saturated heterocycles. The first-order valence-corrected chi connectivity index (χ1v) is 22.9. The summed E-state index contributed by atoms with van der Waals surface area (Å²) in [7, 11) is 3.84. The fourth-order valence-corrected chi connectivity index (χ4v) is 9.63. The van der Waals surface area contributed by atoms with Gasteiger partial charge in [-0.3, -0.25) is 38.4 Å². The molecule has 2 aliphatic heterocycles. The Hall–Kier alpha value is -5.79. The van der Waals surface area contributed by atoms with Crippen LogP contribution in [0.4, 0.5) is 20.3 Å². The van der Waals surface area contributed by atoms with Crippen LogP contribution in [0.3, 0.4) is 0 Å². The minimum absolute atomic E-state index is 0.0309. The van der Waals surface area contributed by atoms with Gasteiger partial charge < -0.3 is 24.7 Å². The highest BCUT2D eigenvalue weighted by Crippen LogP contribution is 2.36. The Morgan fingerprint density at radius 3 is 2.62 bits per heavy atom. The molecule has 2 atom stereocenters. The van der Waals surface area contributed by atoms with E-state index in [9.17, 15) is 28.0 Å². The molecule has 4 fully saturated rings. The Morgan fingerprint density at radius 2 is 1.83 bits per heavy atom. The molecular formula is C46H57F2N11O6. The monoisotopic (exact) mass is 897 g/mol. The summed E-state index contributed by atoms with van der Waals surface area (Å²) in [5.41, 5.74) is 2.40. The van der Waals surface area contributed by atoms with Crippen LogP contribution in [0.1, 0.15) is 98.0 Å². The van der Waals surface area contributed by atoms with Crippen LogP contribution in [0, 0.1) is 11.8 Å². The van der Waals surface area contributed by atoms with E-state index in [1.54, 1.807) is 34.6 Å². The molecule has 2 aliphatic carbocycles. The third-order valence-corrected chi connectivity index (χ3v) is 13.3. The number of carbonyl (C=O) groups excluding carboxylic acids is 3. The highest BCUT2D eigenvalue weighted by Gasteiger charge is 2.32. The number of nitrogens with zero attached hydrogens (tertiary/aromatic N) is 8. The van der Waals surface area contributed by atoms with Gasteiger partial charge in [0.05, 0.1) is 35.5 Å². The number of aromatic nitrogens is 6. The number of morpholine rings is 1. The molecule has 0 bridgehead atoms. The highest BCUT2D eigenvalue weighted by atomic mass is 19.3. The van der Waals surface area contributed by atoms with Crippen LogP contribution >= 0.6 is 0 Å². The third kappa shape index (κ3) is 10.4. The number of imidazole rings is 1. The largest absolute Gasteiger partial charge is 0.444 e. The van der Waals surface area contributed by atoms with E-state index in [1.165, 1.54) is 29.9 Å². The van der Waals surface area contributed by atoms with Crippen LogP contribution in [0.2, 0.25) is 0 Å². The molecule has 346 valence electrons. The first kappa shape index (κ1) is 44.4. The molecule has 5 aromatic rings. The summed E-state index contributed by atoms with van der Waals surface area (Å²) in [6.45, 7) is 5.85. The number of anilines is 2. The molecule has 0 radical (unpaired) electrons. The number of imide groups is 1. The Labute approximate surface area is 374 Å². The van der Waals surface area contributed by atoms with Gasteiger partial charge in [-0.1, -0.05) is 6.07 Å². The average molecular weight is 898 g/mol. The van der Waals surface area contributed by atoms with Crippen molar-refractivity contribution in [2.45, 2.75) is 88.8 Å². The van der Waals surface area contributed by atoms with Crippen LogP contribution < -0.4 is 21.6 Å². The minimum atomic E-state index is -2.87. The van der Waals surface area contributed by atoms with E-state index in [1.807, 2.05) is 18.2 Å². The smallest absolute Gasteiger partial charge is 0.329 e. The topological polar surface area (TPSA) is 187 Å². The summed E-state index contributed by atoms with van der Waals surface area (Å²) < 4.78 is 44.9. The van der Waals surface area contributed by atoms with Gasteiger partial charge in [-0.15, -0.1) is 0 Å². The van der Waals surface area contributed by atoms with Crippen LogP contribution in [-0.2, 0) is 27.8 Å². The van der Waals surface area contributed by atoms with Crippen molar-refractivity contribution in [3.63, 3.8) is 0 Å². The lowest BCUT2D eigenvalue weighted by molar-refractivity contribution is -0.135. The van der Waals surface area contributed by atoms with Crippen molar-refractivity contribution < 1.29 is 32.3 Å². The molecule has 17 nitrogen and oxygen atoms in total. The molecule has 6 heterocycles. The summed E-state index contributed by atoms with van der Waals surface area (Å²) in [5.74, 6) is 0.621.